The zero-order chi connectivity index (χ0) is 17.1. The minimum atomic E-state index is -4.13. The molecular formula is C13H18F2O7S. The first-order chi connectivity index (χ1) is 10.8. The Kier molecular flexibility index (Phi) is 5.82. The summed E-state index contributed by atoms with van der Waals surface area (Å²) in [5, 5.41) is 6.65. The third kappa shape index (κ3) is 4.11. The molecule has 2 fully saturated rings. The highest BCUT2D eigenvalue weighted by atomic mass is 32.2. The number of carbonyl (C=O) groups excluding carboxylic acids is 2. The van der Waals surface area contributed by atoms with Gasteiger partial charge in [-0.15, -0.1) is 4.33 Å². The minimum absolute atomic E-state index is 0.282. The SMILES string of the molecule is CCC1(OC(=O)COC(=O)C(F)(F)SOOO)CC2CCC1C2. The molecule has 3 unspecified atom stereocenters. The predicted octanol–water partition coefficient (Wildman–Crippen LogP) is 2.70. The number of alkyl halides is 2. The second kappa shape index (κ2) is 7.29. The molecule has 2 saturated carbocycles. The maximum Gasteiger partial charge on any atom is 0.415 e. The van der Waals surface area contributed by atoms with E-state index in [9.17, 15) is 18.4 Å². The first kappa shape index (κ1) is 18.4. The largest absolute Gasteiger partial charge is 0.456 e. The van der Waals surface area contributed by atoms with E-state index in [0.29, 0.717) is 12.3 Å². The smallest absolute Gasteiger partial charge is 0.415 e. The average molecular weight is 356 g/mol. The Balaban J connectivity index is 1.82. The Morgan fingerprint density at radius 1 is 1.39 bits per heavy atom. The number of ether oxygens (including phenoxy) is 2. The summed E-state index contributed by atoms with van der Waals surface area (Å²) in [6.07, 6.45) is 4.52. The molecule has 10 heteroatoms. The lowest BCUT2D eigenvalue weighted by Crippen LogP contribution is -2.41. The van der Waals surface area contributed by atoms with Crippen LogP contribution in [0.2, 0.25) is 0 Å². The van der Waals surface area contributed by atoms with Crippen LogP contribution in [0.4, 0.5) is 8.78 Å². The number of halogens is 2. The van der Waals surface area contributed by atoms with Crippen LogP contribution in [0.1, 0.15) is 39.0 Å². The Bertz CT molecular complexity index is 462. The Morgan fingerprint density at radius 3 is 2.65 bits per heavy atom. The van der Waals surface area contributed by atoms with Gasteiger partial charge >= 0.3 is 17.2 Å². The molecule has 0 radical (unpaired) electrons. The highest BCUT2D eigenvalue weighted by molar-refractivity contribution is 7.96. The predicted molar refractivity (Wildman–Crippen MR) is 72.9 cm³/mol. The van der Waals surface area contributed by atoms with Crippen LogP contribution >= 0.6 is 12.0 Å². The number of hydrogen-bond acceptors (Lipinski definition) is 8. The average Bonchev–Trinajstić information content (AvgIpc) is 3.11. The highest BCUT2D eigenvalue weighted by Gasteiger charge is 2.52. The van der Waals surface area contributed by atoms with Crippen molar-refractivity contribution in [2.75, 3.05) is 6.61 Å². The molecule has 2 bridgehead atoms. The highest BCUT2D eigenvalue weighted by Crippen LogP contribution is 2.54. The summed E-state index contributed by atoms with van der Waals surface area (Å²) in [6.45, 7) is 1.01. The van der Waals surface area contributed by atoms with Crippen LogP contribution < -0.4 is 0 Å². The van der Waals surface area contributed by atoms with E-state index < -0.39 is 41.4 Å². The monoisotopic (exact) mass is 356 g/mol. The number of esters is 2. The summed E-state index contributed by atoms with van der Waals surface area (Å²) in [5.74, 6) is -2.03. The topological polar surface area (TPSA) is 91.3 Å². The van der Waals surface area contributed by atoms with Crippen molar-refractivity contribution >= 4 is 24.0 Å². The summed E-state index contributed by atoms with van der Waals surface area (Å²) in [4.78, 5) is 23.0. The third-order valence-electron chi connectivity index (χ3n) is 4.56. The van der Waals surface area contributed by atoms with Gasteiger partial charge in [0.1, 0.15) is 17.6 Å². The van der Waals surface area contributed by atoms with Crippen LogP contribution in [-0.2, 0) is 28.4 Å². The zero-order valence-corrected chi connectivity index (χ0v) is 13.3. The third-order valence-corrected chi connectivity index (χ3v) is 5.07. The van der Waals surface area contributed by atoms with Crippen LogP contribution in [0, 0.1) is 11.8 Å². The van der Waals surface area contributed by atoms with Crippen molar-refractivity contribution in [1.29, 1.82) is 0 Å². The summed E-state index contributed by atoms with van der Waals surface area (Å²) in [5.41, 5.74) is -0.572. The first-order valence-electron chi connectivity index (χ1n) is 7.25. The second-order valence-electron chi connectivity index (χ2n) is 5.79. The fourth-order valence-electron chi connectivity index (χ4n) is 3.58. The first-order valence-corrected chi connectivity index (χ1v) is 8.00. The van der Waals surface area contributed by atoms with Gasteiger partial charge in [0.15, 0.2) is 6.61 Å². The number of rotatable bonds is 8. The van der Waals surface area contributed by atoms with E-state index in [1.807, 2.05) is 6.92 Å². The van der Waals surface area contributed by atoms with Gasteiger partial charge < -0.3 is 9.47 Å². The molecule has 0 amide bonds. The zero-order valence-electron chi connectivity index (χ0n) is 12.5. The van der Waals surface area contributed by atoms with E-state index in [4.69, 9.17) is 9.99 Å². The number of hydrogen-bond donors (Lipinski definition) is 1. The second-order valence-corrected chi connectivity index (χ2v) is 6.61. The molecule has 0 heterocycles. The van der Waals surface area contributed by atoms with Crippen molar-refractivity contribution in [1.82, 2.24) is 0 Å². The van der Waals surface area contributed by atoms with E-state index in [1.165, 1.54) is 0 Å². The summed E-state index contributed by atoms with van der Waals surface area (Å²) in [6, 6.07) is 0. The van der Waals surface area contributed by atoms with E-state index in [1.54, 1.807) is 0 Å². The van der Waals surface area contributed by atoms with E-state index >= 15 is 0 Å². The van der Waals surface area contributed by atoms with Crippen LogP contribution in [0.5, 0.6) is 0 Å². The molecule has 132 valence electrons. The van der Waals surface area contributed by atoms with E-state index in [0.717, 1.165) is 25.7 Å². The van der Waals surface area contributed by atoms with Gasteiger partial charge in [0.2, 0.25) is 0 Å². The summed E-state index contributed by atoms with van der Waals surface area (Å²) >= 11 is -0.747. The molecule has 0 spiro atoms. The molecule has 0 aromatic heterocycles. The molecule has 0 aromatic carbocycles. The van der Waals surface area contributed by atoms with Crippen molar-refractivity contribution in [3.8, 4) is 0 Å². The Labute approximate surface area is 135 Å². The lowest BCUT2D eigenvalue weighted by molar-refractivity contribution is -0.433. The van der Waals surface area contributed by atoms with Gasteiger partial charge in [-0.1, -0.05) is 12.0 Å². The fraction of sp³-hybridized carbons (Fsp3) is 0.846. The van der Waals surface area contributed by atoms with Gasteiger partial charge in [0.25, 0.3) is 0 Å². The summed E-state index contributed by atoms with van der Waals surface area (Å²) in [7, 11) is 0. The van der Waals surface area contributed by atoms with Crippen molar-refractivity contribution in [2.45, 2.75) is 49.9 Å². The lowest BCUT2D eigenvalue weighted by Gasteiger charge is -2.36. The van der Waals surface area contributed by atoms with E-state index in [-0.39, 0.29) is 5.92 Å². The van der Waals surface area contributed by atoms with Crippen LogP contribution in [0.3, 0.4) is 0 Å². The molecular weight excluding hydrogens is 338 g/mol. The van der Waals surface area contributed by atoms with Gasteiger partial charge in [-0.05, 0) is 43.9 Å². The molecule has 0 saturated heterocycles. The van der Waals surface area contributed by atoms with Crippen LogP contribution in [0.25, 0.3) is 0 Å². The molecule has 3 atom stereocenters. The van der Waals surface area contributed by atoms with Crippen molar-refractivity contribution < 1.29 is 42.5 Å². The van der Waals surface area contributed by atoms with Gasteiger partial charge in [-0.2, -0.15) is 8.78 Å². The molecule has 23 heavy (non-hydrogen) atoms. The Hall–Kier alpha value is -0.970. The van der Waals surface area contributed by atoms with Gasteiger partial charge in [0.05, 0.1) is 0 Å². The molecule has 2 aliphatic rings. The maximum atomic E-state index is 13.1. The van der Waals surface area contributed by atoms with E-state index in [2.05, 4.69) is 14.1 Å². The van der Waals surface area contributed by atoms with Crippen LogP contribution in [-0.4, -0.2) is 34.7 Å². The lowest BCUT2D eigenvalue weighted by atomic mass is 9.82. The van der Waals surface area contributed by atoms with Gasteiger partial charge in [0, 0.05) is 0 Å². The minimum Gasteiger partial charge on any atom is -0.456 e. The number of carbonyl (C=O) groups is 2. The summed E-state index contributed by atoms with van der Waals surface area (Å²) < 4.78 is 39.5. The van der Waals surface area contributed by atoms with Gasteiger partial charge in [-0.25, -0.2) is 14.8 Å². The van der Waals surface area contributed by atoms with Gasteiger partial charge in [-0.3, -0.25) is 0 Å². The van der Waals surface area contributed by atoms with Crippen molar-refractivity contribution in [2.24, 2.45) is 11.8 Å². The van der Waals surface area contributed by atoms with Crippen molar-refractivity contribution in [3.63, 3.8) is 0 Å². The molecule has 2 rings (SSSR count). The normalized spacial score (nSPS) is 29.6. The maximum absolute atomic E-state index is 13.1. The molecule has 0 aliphatic heterocycles. The quantitative estimate of drug-likeness (QED) is 0.307. The Morgan fingerprint density at radius 2 is 2.13 bits per heavy atom. The number of fused-ring (bicyclic) bond motifs is 2. The molecule has 7 nitrogen and oxygen atoms in total. The molecule has 1 N–H and O–H groups in total. The fourth-order valence-corrected chi connectivity index (χ4v) is 3.82. The molecule has 0 aromatic rings. The van der Waals surface area contributed by atoms with Crippen molar-refractivity contribution in [3.05, 3.63) is 0 Å². The molecule has 2 aliphatic carbocycles. The standard InChI is InChI=1S/C13H18F2O7S/c1-2-12(6-8-3-4-9(12)5-8)20-10(16)7-19-11(17)13(14,15)23-22-21-18/h8-9,18H,2-7H2,1H3. The van der Waals surface area contributed by atoms with Crippen LogP contribution in [0.15, 0.2) is 0 Å².